The number of nitrogens with zero attached hydrogens (tertiary/aromatic N) is 1. The van der Waals surface area contributed by atoms with E-state index in [1.165, 1.54) is 0 Å². The minimum absolute atomic E-state index is 0.126. The number of carbonyl (C=O) groups is 1. The van der Waals surface area contributed by atoms with E-state index in [0.717, 1.165) is 18.5 Å². The highest BCUT2D eigenvalue weighted by Gasteiger charge is 2.29. The lowest BCUT2D eigenvalue weighted by atomic mass is 10.1. The van der Waals surface area contributed by atoms with Crippen molar-refractivity contribution in [2.75, 3.05) is 25.5 Å². The van der Waals surface area contributed by atoms with Gasteiger partial charge in [0.2, 0.25) is 0 Å². The molecular weight excluding hydrogens is 228 g/mol. The maximum atomic E-state index is 11.9. The fourth-order valence-corrected chi connectivity index (χ4v) is 1.87. The molecule has 98 valence electrons. The number of amides is 1. The molecule has 2 N–H and O–H groups in total. The summed E-state index contributed by atoms with van der Waals surface area (Å²) in [5.74, 6) is 0.261. The van der Waals surface area contributed by atoms with Crippen LogP contribution in [0, 0.1) is 5.92 Å². The van der Waals surface area contributed by atoms with Crippen LogP contribution in [0.4, 0.5) is 5.69 Å². The van der Waals surface area contributed by atoms with Crippen molar-refractivity contribution in [2.24, 2.45) is 5.92 Å². The Morgan fingerprint density at radius 3 is 2.83 bits per heavy atom. The number of rotatable bonds is 5. The first kappa shape index (κ1) is 12.9. The maximum Gasteiger partial charge on any atom is 0.251 e. The largest absolute Gasteiger partial charge is 0.391 e. The Morgan fingerprint density at radius 2 is 2.22 bits per heavy atom. The molecule has 4 nitrogen and oxygen atoms in total. The van der Waals surface area contributed by atoms with E-state index in [2.05, 4.69) is 5.32 Å². The molecular formula is C14H20N2O2. The molecule has 0 saturated heterocycles. The highest BCUT2D eigenvalue weighted by atomic mass is 16.3. The van der Waals surface area contributed by atoms with Gasteiger partial charge in [-0.05, 0) is 37.0 Å². The summed E-state index contributed by atoms with van der Waals surface area (Å²) in [6, 6.07) is 7.45. The molecule has 4 heteroatoms. The molecule has 1 saturated carbocycles. The number of benzene rings is 1. The molecule has 1 aromatic carbocycles. The predicted molar refractivity (Wildman–Crippen MR) is 71.8 cm³/mol. The summed E-state index contributed by atoms with van der Waals surface area (Å²) in [6.07, 6.45) is 1.76. The molecule has 2 rings (SSSR count). The monoisotopic (exact) mass is 248 g/mol. The minimum Gasteiger partial charge on any atom is -0.391 e. The van der Waals surface area contributed by atoms with Gasteiger partial charge in [0.25, 0.3) is 5.91 Å². The van der Waals surface area contributed by atoms with E-state index in [-0.39, 0.29) is 5.91 Å². The van der Waals surface area contributed by atoms with Gasteiger partial charge in [-0.15, -0.1) is 0 Å². The normalized spacial score (nSPS) is 16.2. The Labute approximate surface area is 108 Å². The standard InChI is InChI=1S/C14H20N2O2/c1-16(2)12-5-3-4-11(8-12)14(18)15-9-13(17)10-6-7-10/h3-5,8,10,13,17H,6-7,9H2,1-2H3,(H,15,18). The molecule has 0 spiro atoms. The van der Waals surface area contributed by atoms with Crippen LogP contribution in [-0.4, -0.2) is 37.8 Å². The molecule has 1 atom stereocenters. The van der Waals surface area contributed by atoms with Crippen molar-refractivity contribution >= 4 is 11.6 Å². The summed E-state index contributed by atoms with van der Waals surface area (Å²) in [5, 5.41) is 12.5. The molecule has 18 heavy (non-hydrogen) atoms. The zero-order chi connectivity index (χ0) is 13.1. The van der Waals surface area contributed by atoms with E-state index in [1.807, 2.05) is 37.2 Å². The van der Waals surface area contributed by atoms with E-state index in [1.54, 1.807) is 6.07 Å². The van der Waals surface area contributed by atoms with Crippen molar-refractivity contribution in [2.45, 2.75) is 18.9 Å². The van der Waals surface area contributed by atoms with Gasteiger partial charge in [-0.1, -0.05) is 6.07 Å². The highest BCUT2D eigenvalue weighted by Crippen LogP contribution is 2.32. The van der Waals surface area contributed by atoms with Crippen molar-refractivity contribution in [3.05, 3.63) is 29.8 Å². The van der Waals surface area contributed by atoms with Crippen molar-refractivity contribution in [1.82, 2.24) is 5.32 Å². The van der Waals surface area contributed by atoms with Crippen molar-refractivity contribution in [3.8, 4) is 0 Å². The zero-order valence-corrected chi connectivity index (χ0v) is 10.9. The summed E-state index contributed by atoms with van der Waals surface area (Å²) in [4.78, 5) is 13.9. The van der Waals surface area contributed by atoms with E-state index >= 15 is 0 Å². The van der Waals surface area contributed by atoms with Gasteiger partial charge in [-0.2, -0.15) is 0 Å². The summed E-state index contributed by atoms with van der Waals surface area (Å²) >= 11 is 0. The molecule has 1 fully saturated rings. The number of hydrogen-bond acceptors (Lipinski definition) is 3. The van der Waals surface area contributed by atoms with E-state index in [9.17, 15) is 9.90 Å². The van der Waals surface area contributed by atoms with Crippen LogP contribution in [0.25, 0.3) is 0 Å². The van der Waals surface area contributed by atoms with Gasteiger partial charge >= 0.3 is 0 Å². The van der Waals surface area contributed by atoms with Gasteiger partial charge in [0, 0.05) is 31.9 Å². The predicted octanol–water partition coefficient (Wildman–Crippen LogP) is 1.25. The first-order chi connectivity index (χ1) is 8.58. The number of carbonyl (C=O) groups excluding carboxylic acids is 1. The molecule has 1 aliphatic rings. The summed E-state index contributed by atoms with van der Waals surface area (Å²) in [5.41, 5.74) is 1.62. The van der Waals surface area contributed by atoms with E-state index in [0.29, 0.717) is 18.0 Å². The molecule has 0 aromatic heterocycles. The van der Waals surface area contributed by atoms with Crippen LogP contribution in [0.2, 0.25) is 0 Å². The Bertz CT molecular complexity index is 428. The van der Waals surface area contributed by atoms with Crippen LogP contribution < -0.4 is 10.2 Å². The lowest BCUT2D eigenvalue weighted by molar-refractivity contribution is 0.0901. The SMILES string of the molecule is CN(C)c1cccc(C(=O)NCC(O)C2CC2)c1. The summed E-state index contributed by atoms with van der Waals surface area (Å²) in [6.45, 7) is 0.343. The topological polar surface area (TPSA) is 52.6 Å². The molecule has 1 aromatic rings. The van der Waals surface area contributed by atoms with Crippen LogP contribution in [-0.2, 0) is 0 Å². The maximum absolute atomic E-state index is 11.9. The molecule has 0 aliphatic heterocycles. The minimum atomic E-state index is -0.397. The van der Waals surface area contributed by atoms with Gasteiger partial charge in [0.15, 0.2) is 0 Å². The first-order valence-corrected chi connectivity index (χ1v) is 6.31. The third-order valence-corrected chi connectivity index (χ3v) is 3.26. The Morgan fingerprint density at radius 1 is 1.50 bits per heavy atom. The van der Waals surface area contributed by atoms with Crippen LogP contribution in [0.5, 0.6) is 0 Å². The summed E-state index contributed by atoms with van der Waals surface area (Å²) < 4.78 is 0. The van der Waals surface area contributed by atoms with Gasteiger partial charge < -0.3 is 15.3 Å². The third-order valence-electron chi connectivity index (χ3n) is 3.26. The van der Waals surface area contributed by atoms with Crippen LogP contribution in [0.1, 0.15) is 23.2 Å². The first-order valence-electron chi connectivity index (χ1n) is 6.31. The van der Waals surface area contributed by atoms with Gasteiger partial charge in [0.1, 0.15) is 0 Å². The lowest BCUT2D eigenvalue weighted by Crippen LogP contribution is -2.33. The smallest absolute Gasteiger partial charge is 0.251 e. The lowest BCUT2D eigenvalue weighted by Gasteiger charge is -2.14. The second kappa shape index (κ2) is 5.40. The Kier molecular flexibility index (Phi) is 3.87. The van der Waals surface area contributed by atoms with Gasteiger partial charge in [0.05, 0.1) is 6.10 Å². The highest BCUT2D eigenvalue weighted by molar-refractivity contribution is 5.95. The molecule has 1 unspecified atom stereocenters. The Hall–Kier alpha value is -1.55. The van der Waals surface area contributed by atoms with Crippen molar-refractivity contribution < 1.29 is 9.90 Å². The molecule has 1 aliphatic carbocycles. The zero-order valence-electron chi connectivity index (χ0n) is 10.9. The molecule has 0 radical (unpaired) electrons. The Balaban J connectivity index is 1.93. The number of nitrogens with one attached hydrogen (secondary N) is 1. The fraction of sp³-hybridized carbons (Fsp3) is 0.500. The fourth-order valence-electron chi connectivity index (χ4n) is 1.87. The number of anilines is 1. The third kappa shape index (κ3) is 3.23. The van der Waals surface area contributed by atoms with Gasteiger partial charge in [-0.25, -0.2) is 0 Å². The molecule has 0 bridgehead atoms. The van der Waals surface area contributed by atoms with Crippen molar-refractivity contribution in [3.63, 3.8) is 0 Å². The van der Waals surface area contributed by atoms with Crippen LogP contribution >= 0.6 is 0 Å². The molecule has 1 amide bonds. The number of aliphatic hydroxyl groups excluding tert-OH is 1. The van der Waals surface area contributed by atoms with Crippen molar-refractivity contribution in [1.29, 1.82) is 0 Å². The molecule has 0 heterocycles. The average Bonchev–Trinajstić information content (AvgIpc) is 3.20. The van der Waals surface area contributed by atoms with E-state index in [4.69, 9.17) is 0 Å². The number of hydrogen-bond donors (Lipinski definition) is 2. The second-order valence-electron chi connectivity index (χ2n) is 5.06. The summed E-state index contributed by atoms with van der Waals surface area (Å²) in [7, 11) is 3.88. The van der Waals surface area contributed by atoms with Crippen LogP contribution in [0.15, 0.2) is 24.3 Å². The van der Waals surface area contributed by atoms with E-state index < -0.39 is 6.10 Å². The van der Waals surface area contributed by atoms with Gasteiger partial charge in [-0.3, -0.25) is 4.79 Å². The second-order valence-corrected chi connectivity index (χ2v) is 5.06. The quantitative estimate of drug-likeness (QED) is 0.824. The van der Waals surface area contributed by atoms with Crippen LogP contribution in [0.3, 0.4) is 0 Å². The number of aliphatic hydroxyl groups is 1. The average molecular weight is 248 g/mol.